The molecule has 0 saturated heterocycles. The fourth-order valence-electron chi connectivity index (χ4n) is 2.44. The number of nitrogens with one attached hydrogen (secondary N) is 3. The minimum absolute atomic E-state index is 0.333. The average molecular weight is 400 g/mol. The Morgan fingerprint density at radius 1 is 1.16 bits per heavy atom. The molecule has 1 aromatic heterocycles. The maximum atomic E-state index is 12.5. The maximum Gasteiger partial charge on any atom is 0.320 e. The van der Waals surface area contributed by atoms with Gasteiger partial charge in [0, 0.05) is 4.47 Å². The number of urea groups is 1. The van der Waals surface area contributed by atoms with E-state index in [-0.39, 0.29) is 6.03 Å². The molecule has 1 atom stereocenters. The van der Waals surface area contributed by atoms with Gasteiger partial charge in [-0.3, -0.25) is 5.10 Å². The number of aromatic amines is 1. The Kier molecular flexibility index (Phi) is 5.14. The molecule has 0 radical (unpaired) electrons. The van der Waals surface area contributed by atoms with Crippen molar-refractivity contribution in [3.63, 3.8) is 0 Å². The van der Waals surface area contributed by atoms with Crippen LogP contribution >= 0.6 is 15.9 Å². The zero-order valence-corrected chi connectivity index (χ0v) is 15.5. The molecule has 0 aliphatic heterocycles. The fourth-order valence-corrected chi connectivity index (χ4v) is 3.03. The van der Waals surface area contributed by atoms with Crippen LogP contribution in [-0.2, 0) is 0 Å². The number of amides is 2. The van der Waals surface area contributed by atoms with Gasteiger partial charge in [0.2, 0.25) is 0 Å². The number of carbonyl (C=O) groups is 1. The molecular formula is C18H18BrN5O. The van der Waals surface area contributed by atoms with Crippen LogP contribution in [0, 0.1) is 13.8 Å². The molecule has 0 spiro atoms. The van der Waals surface area contributed by atoms with E-state index in [4.69, 9.17) is 0 Å². The van der Waals surface area contributed by atoms with E-state index < -0.39 is 6.04 Å². The number of hydrogen-bond donors (Lipinski definition) is 3. The summed E-state index contributed by atoms with van der Waals surface area (Å²) in [5, 5.41) is 12.8. The van der Waals surface area contributed by atoms with Crippen molar-refractivity contribution in [1.82, 2.24) is 20.5 Å². The topological polar surface area (TPSA) is 82.7 Å². The van der Waals surface area contributed by atoms with Gasteiger partial charge in [0.05, 0.1) is 5.69 Å². The summed E-state index contributed by atoms with van der Waals surface area (Å²) in [6.45, 7) is 3.81. The van der Waals surface area contributed by atoms with Crippen molar-refractivity contribution in [3.8, 4) is 0 Å². The highest BCUT2D eigenvalue weighted by Crippen LogP contribution is 2.24. The van der Waals surface area contributed by atoms with Crippen molar-refractivity contribution in [2.24, 2.45) is 0 Å². The predicted octanol–water partition coefficient (Wildman–Crippen LogP) is 4.10. The van der Waals surface area contributed by atoms with E-state index in [0.717, 1.165) is 15.6 Å². The monoisotopic (exact) mass is 399 g/mol. The van der Waals surface area contributed by atoms with Crippen molar-refractivity contribution in [1.29, 1.82) is 0 Å². The second kappa shape index (κ2) is 7.48. The maximum absolute atomic E-state index is 12.5. The van der Waals surface area contributed by atoms with Gasteiger partial charge < -0.3 is 10.6 Å². The smallest absolute Gasteiger partial charge is 0.320 e. The van der Waals surface area contributed by atoms with Crippen LogP contribution in [0.25, 0.3) is 0 Å². The minimum Gasteiger partial charge on any atom is -0.324 e. The van der Waals surface area contributed by atoms with Gasteiger partial charge in [-0.2, -0.15) is 5.10 Å². The van der Waals surface area contributed by atoms with Gasteiger partial charge in [-0.25, -0.2) is 9.78 Å². The summed E-state index contributed by atoms with van der Waals surface area (Å²) in [6.07, 6.45) is 0. The molecule has 1 heterocycles. The second-order valence-electron chi connectivity index (χ2n) is 5.70. The highest BCUT2D eigenvalue weighted by molar-refractivity contribution is 9.10. The lowest BCUT2D eigenvalue weighted by Gasteiger charge is -2.17. The normalized spacial score (nSPS) is 11.8. The number of hydrogen-bond acceptors (Lipinski definition) is 3. The first-order chi connectivity index (χ1) is 12.0. The fraction of sp³-hybridized carbons (Fsp3) is 0.167. The van der Waals surface area contributed by atoms with Crippen LogP contribution in [0.5, 0.6) is 0 Å². The molecule has 6 nitrogen and oxygen atoms in total. The third-order valence-corrected chi connectivity index (χ3v) is 4.31. The van der Waals surface area contributed by atoms with Gasteiger partial charge in [-0.1, -0.05) is 36.4 Å². The Labute approximate surface area is 154 Å². The Balaban J connectivity index is 1.81. The summed E-state index contributed by atoms with van der Waals surface area (Å²) in [6, 6.07) is 14.6. The molecule has 0 fully saturated rings. The SMILES string of the molecule is Cc1ccc(NC(=O)NC(c2ccccc2)c2n[nH]c(C)n2)c(Br)c1. The van der Waals surface area contributed by atoms with E-state index in [1.165, 1.54) is 0 Å². The van der Waals surface area contributed by atoms with Crippen LogP contribution in [0.2, 0.25) is 0 Å². The molecule has 0 saturated carbocycles. The highest BCUT2D eigenvalue weighted by atomic mass is 79.9. The van der Waals surface area contributed by atoms with Crippen molar-refractivity contribution in [2.45, 2.75) is 19.9 Å². The summed E-state index contributed by atoms with van der Waals surface area (Å²) >= 11 is 3.46. The van der Waals surface area contributed by atoms with Crippen molar-refractivity contribution >= 4 is 27.6 Å². The number of H-pyrrole nitrogens is 1. The highest BCUT2D eigenvalue weighted by Gasteiger charge is 2.21. The molecule has 7 heteroatoms. The molecule has 2 aromatic carbocycles. The summed E-state index contributed by atoms with van der Waals surface area (Å²) in [5.41, 5.74) is 2.71. The lowest BCUT2D eigenvalue weighted by molar-refractivity contribution is 0.249. The lowest BCUT2D eigenvalue weighted by Crippen LogP contribution is -2.34. The molecular weight excluding hydrogens is 382 g/mol. The minimum atomic E-state index is -0.449. The molecule has 128 valence electrons. The Hall–Kier alpha value is -2.67. The second-order valence-corrected chi connectivity index (χ2v) is 6.56. The van der Waals surface area contributed by atoms with E-state index in [1.807, 2.05) is 62.4 Å². The van der Waals surface area contributed by atoms with E-state index in [9.17, 15) is 4.79 Å². The summed E-state index contributed by atoms with van der Waals surface area (Å²) < 4.78 is 0.827. The number of aryl methyl sites for hydroxylation is 2. The molecule has 1 unspecified atom stereocenters. The van der Waals surface area contributed by atoms with E-state index in [0.29, 0.717) is 17.3 Å². The lowest BCUT2D eigenvalue weighted by atomic mass is 10.1. The van der Waals surface area contributed by atoms with E-state index in [1.54, 1.807) is 0 Å². The third-order valence-electron chi connectivity index (χ3n) is 3.65. The number of rotatable bonds is 4. The zero-order chi connectivity index (χ0) is 17.8. The van der Waals surface area contributed by atoms with Crippen LogP contribution in [0.3, 0.4) is 0 Å². The standard InChI is InChI=1S/C18H18BrN5O/c1-11-8-9-15(14(19)10-11)21-18(25)22-16(13-6-4-3-5-7-13)17-20-12(2)23-24-17/h3-10,16H,1-2H3,(H,20,23,24)(H2,21,22,25). The molecule has 0 bridgehead atoms. The first-order valence-electron chi connectivity index (χ1n) is 7.80. The van der Waals surface area contributed by atoms with E-state index in [2.05, 4.69) is 41.7 Å². The van der Waals surface area contributed by atoms with E-state index >= 15 is 0 Å². The van der Waals surface area contributed by atoms with Gasteiger partial charge in [-0.05, 0) is 53.0 Å². The van der Waals surface area contributed by atoms with Gasteiger partial charge >= 0.3 is 6.03 Å². The summed E-state index contributed by atoms with van der Waals surface area (Å²) in [7, 11) is 0. The van der Waals surface area contributed by atoms with Gasteiger partial charge in [0.1, 0.15) is 11.9 Å². The van der Waals surface area contributed by atoms with Crippen molar-refractivity contribution in [3.05, 3.63) is 75.8 Å². The molecule has 0 aliphatic rings. The summed E-state index contributed by atoms with van der Waals surface area (Å²) in [4.78, 5) is 16.9. The van der Waals surface area contributed by atoms with Crippen molar-refractivity contribution in [2.75, 3.05) is 5.32 Å². The summed E-state index contributed by atoms with van der Waals surface area (Å²) in [5.74, 6) is 1.21. The molecule has 25 heavy (non-hydrogen) atoms. The first kappa shape index (κ1) is 17.2. The molecule has 2 amide bonds. The van der Waals surface area contributed by atoms with Crippen LogP contribution in [0.15, 0.2) is 53.0 Å². The predicted molar refractivity (Wildman–Crippen MR) is 100 cm³/mol. The van der Waals surface area contributed by atoms with Gasteiger partial charge in [0.15, 0.2) is 5.82 Å². The van der Waals surface area contributed by atoms with Gasteiger partial charge in [-0.15, -0.1) is 0 Å². The van der Waals surface area contributed by atoms with Crippen LogP contribution in [0.1, 0.15) is 28.8 Å². The first-order valence-corrected chi connectivity index (χ1v) is 8.60. The Morgan fingerprint density at radius 3 is 2.56 bits per heavy atom. The number of anilines is 1. The van der Waals surface area contributed by atoms with Crippen LogP contribution in [0.4, 0.5) is 10.5 Å². The van der Waals surface area contributed by atoms with Gasteiger partial charge in [0.25, 0.3) is 0 Å². The number of halogens is 1. The number of aromatic nitrogens is 3. The molecule has 3 N–H and O–H groups in total. The Bertz CT molecular complexity index is 878. The quantitative estimate of drug-likeness (QED) is 0.617. The number of nitrogens with zero attached hydrogens (tertiary/aromatic N) is 2. The van der Waals surface area contributed by atoms with Crippen LogP contribution < -0.4 is 10.6 Å². The number of benzene rings is 2. The number of carbonyl (C=O) groups excluding carboxylic acids is 1. The average Bonchev–Trinajstić information content (AvgIpc) is 3.02. The molecule has 3 aromatic rings. The largest absolute Gasteiger partial charge is 0.324 e. The molecule has 0 aliphatic carbocycles. The Morgan fingerprint density at radius 2 is 1.92 bits per heavy atom. The third kappa shape index (κ3) is 4.24. The van der Waals surface area contributed by atoms with Crippen LogP contribution in [-0.4, -0.2) is 21.2 Å². The van der Waals surface area contributed by atoms with Crippen molar-refractivity contribution < 1.29 is 4.79 Å². The zero-order valence-electron chi connectivity index (χ0n) is 13.9. The molecule has 3 rings (SSSR count).